The highest BCUT2D eigenvalue weighted by Gasteiger charge is 2.23. The van der Waals surface area contributed by atoms with Crippen molar-refractivity contribution < 1.29 is 0 Å². The number of hydrogen-bond acceptors (Lipinski definition) is 5. The van der Waals surface area contributed by atoms with E-state index in [-0.39, 0.29) is 0 Å². The Morgan fingerprint density at radius 2 is 2.10 bits per heavy atom. The first-order valence-corrected chi connectivity index (χ1v) is 7.42. The summed E-state index contributed by atoms with van der Waals surface area (Å²) in [7, 11) is 2.16. The van der Waals surface area contributed by atoms with Gasteiger partial charge in [-0.25, -0.2) is 9.97 Å². The number of hydrogen-bond donors (Lipinski definition) is 1. The number of nitrogens with zero attached hydrogens (tertiary/aromatic N) is 4. The molecule has 3 rings (SSSR count). The molecule has 1 N–H and O–H groups in total. The highest BCUT2D eigenvalue weighted by Crippen LogP contribution is 2.29. The highest BCUT2D eigenvalue weighted by atomic mass is 15.1. The monoisotopic (exact) mass is 283 g/mol. The van der Waals surface area contributed by atoms with Crippen molar-refractivity contribution in [1.29, 1.82) is 0 Å². The van der Waals surface area contributed by atoms with Crippen LogP contribution >= 0.6 is 0 Å². The Bertz CT molecular complexity index is 613. The molecule has 1 aliphatic heterocycles. The lowest BCUT2D eigenvalue weighted by Gasteiger charge is -2.29. The van der Waals surface area contributed by atoms with Crippen molar-refractivity contribution >= 4 is 11.6 Å². The molecule has 21 heavy (non-hydrogen) atoms. The molecule has 1 fully saturated rings. The van der Waals surface area contributed by atoms with Crippen LogP contribution in [0.4, 0.5) is 11.6 Å². The van der Waals surface area contributed by atoms with Crippen LogP contribution in [0.3, 0.4) is 0 Å². The Morgan fingerprint density at radius 3 is 2.90 bits per heavy atom. The smallest absolute Gasteiger partial charge is 0.153 e. The van der Waals surface area contributed by atoms with Crippen LogP contribution < -0.4 is 5.32 Å². The molecule has 1 saturated heterocycles. The van der Waals surface area contributed by atoms with E-state index in [1.165, 1.54) is 19.4 Å². The lowest BCUT2D eigenvalue weighted by molar-refractivity contribution is 0.248. The van der Waals surface area contributed by atoms with Crippen molar-refractivity contribution in [2.75, 3.05) is 25.5 Å². The van der Waals surface area contributed by atoms with Crippen molar-refractivity contribution in [2.24, 2.45) is 0 Å². The molecule has 0 aliphatic carbocycles. The van der Waals surface area contributed by atoms with Gasteiger partial charge in [-0.3, -0.25) is 4.98 Å². The highest BCUT2D eigenvalue weighted by molar-refractivity contribution is 5.54. The summed E-state index contributed by atoms with van der Waals surface area (Å²) in [6.07, 6.45) is 5.88. The largest absolute Gasteiger partial charge is 0.323 e. The van der Waals surface area contributed by atoms with Crippen LogP contribution in [0.25, 0.3) is 0 Å². The summed E-state index contributed by atoms with van der Waals surface area (Å²) < 4.78 is 0. The maximum absolute atomic E-state index is 4.58. The van der Waals surface area contributed by atoms with E-state index >= 15 is 0 Å². The number of likely N-dealkylation sites (tertiary alicyclic amines) is 1. The van der Waals surface area contributed by atoms with Gasteiger partial charge in [0.2, 0.25) is 0 Å². The lowest BCUT2D eigenvalue weighted by atomic mass is 9.94. The maximum atomic E-state index is 4.58. The Balaban J connectivity index is 1.85. The van der Waals surface area contributed by atoms with Crippen molar-refractivity contribution in [3.8, 4) is 0 Å². The summed E-state index contributed by atoms with van der Waals surface area (Å²) in [5.74, 6) is 2.08. The number of likely N-dealkylation sites (N-methyl/N-ethyl adjacent to an activating group) is 1. The van der Waals surface area contributed by atoms with E-state index in [2.05, 4.69) is 32.2 Å². The summed E-state index contributed by atoms with van der Waals surface area (Å²) in [4.78, 5) is 15.9. The van der Waals surface area contributed by atoms with Crippen LogP contribution in [0.5, 0.6) is 0 Å². The van der Waals surface area contributed by atoms with Crippen LogP contribution in [0.2, 0.25) is 0 Å². The molecule has 0 spiro atoms. The first-order valence-electron chi connectivity index (χ1n) is 7.42. The molecule has 2 aromatic heterocycles. The van der Waals surface area contributed by atoms with Gasteiger partial charge in [-0.2, -0.15) is 0 Å². The molecule has 110 valence electrons. The minimum Gasteiger partial charge on any atom is -0.323 e. The van der Waals surface area contributed by atoms with E-state index in [9.17, 15) is 0 Å². The third kappa shape index (κ3) is 3.36. The summed E-state index contributed by atoms with van der Waals surface area (Å²) in [5, 5.41) is 3.32. The van der Waals surface area contributed by atoms with Crippen LogP contribution in [-0.4, -0.2) is 40.0 Å². The topological polar surface area (TPSA) is 53.9 Å². The molecular formula is C16H21N5. The summed E-state index contributed by atoms with van der Waals surface area (Å²) in [5.41, 5.74) is 2.04. The SMILES string of the molecule is Cc1cccc(Nc2nccnc2C2CCCN(C)C2)n1. The molecular weight excluding hydrogens is 262 g/mol. The fraction of sp³-hybridized carbons (Fsp3) is 0.438. The third-order valence-electron chi connectivity index (χ3n) is 3.87. The fourth-order valence-corrected chi connectivity index (χ4v) is 2.87. The van der Waals surface area contributed by atoms with Gasteiger partial charge in [-0.05, 0) is 45.5 Å². The molecule has 0 bridgehead atoms. The second-order valence-corrected chi connectivity index (χ2v) is 5.68. The molecule has 1 unspecified atom stereocenters. The molecule has 5 heteroatoms. The zero-order valence-electron chi connectivity index (χ0n) is 12.6. The van der Waals surface area contributed by atoms with Gasteiger partial charge >= 0.3 is 0 Å². The maximum Gasteiger partial charge on any atom is 0.153 e. The Kier molecular flexibility index (Phi) is 4.10. The number of nitrogens with one attached hydrogen (secondary N) is 1. The van der Waals surface area contributed by atoms with Gasteiger partial charge in [0.25, 0.3) is 0 Å². The molecule has 2 aromatic rings. The zero-order chi connectivity index (χ0) is 14.7. The van der Waals surface area contributed by atoms with Gasteiger partial charge in [-0.15, -0.1) is 0 Å². The van der Waals surface area contributed by atoms with E-state index in [4.69, 9.17) is 0 Å². The molecule has 0 saturated carbocycles. The minimum atomic E-state index is 0.435. The minimum absolute atomic E-state index is 0.435. The summed E-state index contributed by atoms with van der Waals surface area (Å²) in [6.45, 7) is 4.19. The van der Waals surface area contributed by atoms with Gasteiger partial charge in [0.15, 0.2) is 5.82 Å². The number of aromatic nitrogens is 3. The van der Waals surface area contributed by atoms with Crippen LogP contribution in [0.1, 0.15) is 30.1 Å². The first-order chi connectivity index (χ1) is 10.2. The molecule has 3 heterocycles. The Morgan fingerprint density at radius 1 is 1.24 bits per heavy atom. The molecule has 0 amide bonds. The normalized spacial score (nSPS) is 19.4. The number of piperidine rings is 1. The van der Waals surface area contributed by atoms with Gasteiger partial charge in [0, 0.05) is 30.6 Å². The number of pyridine rings is 1. The standard InChI is InChI=1S/C16H21N5/c1-12-5-3-7-14(19-12)20-16-15(17-8-9-18-16)13-6-4-10-21(2)11-13/h3,5,7-9,13H,4,6,10-11H2,1-2H3,(H,18,19,20). The van der Waals surface area contributed by atoms with Crippen LogP contribution in [0, 0.1) is 6.92 Å². The third-order valence-corrected chi connectivity index (χ3v) is 3.87. The Hall–Kier alpha value is -2.01. The van der Waals surface area contributed by atoms with Gasteiger partial charge < -0.3 is 10.2 Å². The average molecular weight is 283 g/mol. The van der Waals surface area contributed by atoms with Crippen molar-refractivity contribution in [1.82, 2.24) is 19.9 Å². The van der Waals surface area contributed by atoms with Crippen molar-refractivity contribution in [2.45, 2.75) is 25.7 Å². The lowest BCUT2D eigenvalue weighted by Crippen LogP contribution is -2.31. The van der Waals surface area contributed by atoms with Crippen LogP contribution in [0.15, 0.2) is 30.6 Å². The Labute approximate surface area is 125 Å². The van der Waals surface area contributed by atoms with Crippen LogP contribution in [-0.2, 0) is 0 Å². The van der Waals surface area contributed by atoms with E-state index in [0.29, 0.717) is 5.92 Å². The first kappa shape index (κ1) is 13.9. The van der Waals surface area contributed by atoms with Crippen molar-refractivity contribution in [3.05, 3.63) is 42.0 Å². The van der Waals surface area contributed by atoms with Gasteiger partial charge in [-0.1, -0.05) is 6.07 Å². The zero-order valence-corrected chi connectivity index (χ0v) is 12.6. The second kappa shape index (κ2) is 6.18. The molecule has 0 radical (unpaired) electrons. The molecule has 5 nitrogen and oxygen atoms in total. The van der Waals surface area contributed by atoms with Crippen molar-refractivity contribution in [3.63, 3.8) is 0 Å². The van der Waals surface area contributed by atoms with E-state index in [1.807, 2.05) is 25.1 Å². The predicted octanol–water partition coefficient (Wildman–Crippen LogP) is 2.73. The average Bonchev–Trinajstić information content (AvgIpc) is 2.48. The molecule has 1 atom stereocenters. The van der Waals surface area contributed by atoms with E-state index in [0.717, 1.165) is 29.6 Å². The quantitative estimate of drug-likeness (QED) is 0.938. The molecule has 1 aliphatic rings. The van der Waals surface area contributed by atoms with Gasteiger partial charge in [0.05, 0.1) is 5.69 Å². The van der Waals surface area contributed by atoms with Gasteiger partial charge in [0.1, 0.15) is 5.82 Å². The number of rotatable bonds is 3. The predicted molar refractivity (Wildman–Crippen MR) is 83.8 cm³/mol. The summed E-state index contributed by atoms with van der Waals surface area (Å²) >= 11 is 0. The number of anilines is 2. The number of aryl methyl sites for hydroxylation is 1. The summed E-state index contributed by atoms with van der Waals surface area (Å²) in [6, 6.07) is 5.94. The van der Waals surface area contributed by atoms with E-state index in [1.54, 1.807) is 12.4 Å². The van der Waals surface area contributed by atoms with E-state index < -0.39 is 0 Å². The molecule has 0 aromatic carbocycles. The second-order valence-electron chi connectivity index (χ2n) is 5.68. The fourth-order valence-electron chi connectivity index (χ4n) is 2.87.